The molecule has 1 heterocycles. The average molecular weight is 248 g/mol. The number of ether oxygens (including phenoxy) is 1. The summed E-state index contributed by atoms with van der Waals surface area (Å²) >= 11 is 0. The van der Waals surface area contributed by atoms with Gasteiger partial charge in [-0.25, -0.2) is 4.79 Å². The molecule has 1 aliphatic rings. The maximum atomic E-state index is 12.1. The molecule has 3 nitrogen and oxygen atoms in total. The highest BCUT2D eigenvalue weighted by atomic mass is 16.5. The molecule has 1 aromatic carbocycles. The Kier molecular flexibility index (Phi) is 3.33. The fraction of sp³-hybridized carbons (Fsp3) is 0.533. The van der Waals surface area contributed by atoms with Crippen molar-refractivity contribution >= 4 is 5.97 Å². The molecule has 0 radical (unpaired) electrons. The number of carbonyl (C=O) groups is 1. The predicted octanol–water partition coefficient (Wildman–Crippen LogP) is 3.14. The van der Waals surface area contributed by atoms with E-state index in [0.29, 0.717) is 17.9 Å². The monoisotopic (exact) mass is 248 g/mol. The van der Waals surface area contributed by atoms with Crippen molar-refractivity contribution in [2.75, 3.05) is 0 Å². The van der Waals surface area contributed by atoms with Gasteiger partial charge < -0.3 is 9.84 Å². The number of fused-ring (bicyclic) bond motifs is 1. The second-order valence-electron chi connectivity index (χ2n) is 5.25. The molecule has 0 fully saturated rings. The number of carbonyl (C=O) groups excluding carboxylic acids is 1. The lowest BCUT2D eigenvalue weighted by Crippen LogP contribution is -2.33. The van der Waals surface area contributed by atoms with Crippen LogP contribution in [0.1, 0.15) is 47.3 Å². The number of phenols is 1. The first-order valence-electron chi connectivity index (χ1n) is 6.48. The molecule has 18 heavy (non-hydrogen) atoms. The van der Waals surface area contributed by atoms with Crippen molar-refractivity contribution in [2.24, 2.45) is 5.92 Å². The van der Waals surface area contributed by atoms with Crippen molar-refractivity contribution in [3.05, 3.63) is 28.3 Å². The molecular formula is C15H20O3. The number of esters is 1. The molecule has 1 aromatic rings. The summed E-state index contributed by atoms with van der Waals surface area (Å²) in [6.45, 7) is 7.97. The van der Waals surface area contributed by atoms with Gasteiger partial charge in [0, 0.05) is 6.42 Å². The summed E-state index contributed by atoms with van der Waals surface area (Å²) in [7, 11) is 0. The minimum Gasteiger partial charge on any atom is -0.507 e. The van der Waals surface area contributed by atoms with Gasteiger partial charge in [-0.05, 0) is 36.5 Å². The molecule has 0 aromatic heterocycles. The number of aromatic hydroxyl groups is 1. The summed E-state index contributed by atoms with van der Waals surface area (Å²) in [6.07, 6.45) is 1.61. The van der Waals surface area contributed by atoms with E-state index in [2.05, 4.69) is 13.8 Å². The van der Waals surface area contributed by atoms with Crippen LogP contribution in [0.15, 0.2) is 6.07 Å². The van der Waals surface area contributed by atoms with Crippen LogP contribution in [-0.4, -0.2) is 17.2 Å². The third kappa shape index (κ3) is 1.98. The SMILES string of the molecule is CC[C@@H](C)[C@H]1Cc2c(C)cc(C)c(O)c2C(=O)O1. The third-order valence-corrected chi connectivity index (χ3v) is 3.97. The summed E-state index contributed by atoms with van der Waals surface area (Å²) in [5, 5.41) is 10.0. The summed E-state index contributed by atoms with van der Waals surface area (Å²) in [5.74, 6) is 0.0268. The van der Waals surface area contributed by atoms with Gasteiger partial charge in [0.15, 0.2) is 0 Å². The first-order valence-corrected chi connectivity index (χ1v) is 6.48. The molecule has 0 spiro atoms. The van der Waals surface area contributed by atoms with E-state index in [4.69, 9.17) is 4.74 Å². The quantitative estimate of drug-likeness (QED) is 0.818. The third-order valence-electron chi connectivity index (χ3n) is 3.97. The number of aryl methyl sites for hydroxylation is 2. The Hall–Kier alpha value is -1.51. The van der Waals surface area contributed by atoms with E-state index in [-0.39, 0.29) is 17.8 Å². The van der Waals surface area contributed by atoms with Crippen LogP contribution in [-0.2, 0) is 11.2 Å². The molecule has 3 heteroatoms. The number of phenolic OH excluding ortho intramolecular Hbond substituents is 1. The summed E-state index contributed by atoms with van der Waals surface area (Å²) in [4.78, 5) is 12.1. The van der Waals surface area contributed by atoms with Crippen molar-refractivity contribution < 1.29 is 14.6 Å². The minimum atomic E-state index is -0.383. The molecule has 0 aliphatic carbocycles. The Morgan fingerprint density at radius 3 is 2.72 bits per heavy atom. The molecule has 98 valence electrons. The first kappa shape index (κ1) is 12.9. The number of rotatable bonds is 2. The fourth-order valence-electron chi connectivity index (χ4n) is 2.52. The standard InChI is InChI=1S/C15H20O3/c1-5-8(2)12-7-11-9(3)6-10(4)14(16)13(11)15(17)18-12/h6,8,12,16H,5,7H2,1-4H3/t8-,12-/m1/s1. The van der Waals surface area contributed by atoms with Crippen LogP contribution in [0.3, 0.4) is 0 Å². The Balaban J connectivity index is 2.49. The zero-order valence-electron chi connectivity index (χ0n) is 11.4. The van der Waals surface area contributed by atoms with Gasteiger partial charge in [0.25, 0.3) is 0 Å². The van der Waals surface area contributed by atoms with E-state index in [0.717, 1.165) is 23.1 Å². The number of cyclic esters (lactones) is 1. The molecule has 0 saturated carbocycles. The lowest BCUT2D eigenvalue weighted by Gasteiger charge is -2.30. The lowest BCUT2D eigenvalue weighted by atomic mass is 9.87. The number of benzene rings is 1. The number of hydrogen-bond donors (Lipinski definition) is 1. The van der Waals surface area contributed by atoms with Crippen LogP contribution in [0.2, 0.25) is 0 Å². The van der Waals surface area contributed by atoms with Gasteiger partial charge in [0.2, 0.25) is 0 Å². The molecule has 1 N–H and O–H groups in total. The molecule has 2 atom stereocenters. The zero-order chi connectivity index (χ0) is 13.4. The fourth-order valence-corrected chi connectivity index (χ4v) is 2.52. The van der Waals surface area contributed by atoms with Gasteiger partial charge in [-0.3, -0.25) is 0 Å². The lowest BCUT2D eigenvalue weighted by molar-refractivity contribution is 0.0103. The van der Waals surface area contributed by atoms with Crippen LogP contribution in [0.5, 0.6) is 5.75 Å². The van der Waals surface area contributed by atoms with Gasteiger partial charge in [0.05, 0.1) is 0 Å². The van der Waals surface area contributed by atoms with Gasteiger partial charge in [0.1, 0.15) is 17.4 Å². The van der Waals surface area contributed by atoms with E-state index in [1.165, 1.54) is 0 Å². The molecule has 0 bridgehead atoms. The topological polar surface area (TPSA) is 46.5 Å². The maximum absolute atomic E-state index is 12.1. The first-order chi connectivity index (χ1) is 8.45. The van der Waals surface area contributed by atoms with Crippen LogP contribution in [0.25, 0.3) is 0 Å². The van der Waals surface area contributed by atoms with Crippen LogP contribution in [0, 0.1) is 19.8 Å². The Labute approximate surface area is 108 Å². The zero-order valence-corrected chi connectivity index (χ0v) is 11.4. The van der Waals surface area contributed by atoms with Gasteiger partial charge in [-0.15, -0.1) is 0 Å². The van der Waals surface area contributed by atoms with E-state index in [9.17, 15) is 9.90 Å². The normalized spacial score (nSPS) is 20.2. The number of hydrogen-bond acceptors (Lipinski definition) is 3. The summed E-state index contributed by atoms with van der Waals surface area (Å²) < 4.78 is 5.46. The highest BCUT2D eigenvalue weighted by molar-refractivity contribution is 5.96. The van der Waals surface area contributed by atoms with E-state index < -0.39 is 0 Å². The van der Waals surface area contributed by atoms with Crippen molar-refractivity contribution in [2.45, 2.75) is 46.6 Å². The maximum Gasteiger partial charge on any atom is 0.342 e. The Morgan fingerprint density at radius 2 is 2.11 bits per heavy atom. The molecule has 2 rings (SSSR count). The minimum absolute atomic E-state index is 0.0724. The second kappa shape index (κ2) is 4.63. The molecule has 0 amide bonds. The van der Waals surface area contributed by atoms with Crippen molar-refractivity contribution in [3.63, 3.8) is 0 Å². The van der Waals surface area contributed by atoms with E-state index in [1.54, 1.807) is 6.92 Å². The predicted molar refractivity (Wildman–Crippen MR) is 69.9 cm³/mol. The summed E-state index contributed by atoms with van der Waals surface area (Å²) in [5.41, 5.74) is 3.10. The van der Waals surface area contributed by atoms with Crippen LogP contribution in [0.4, 0.5) is 0 Å². The largest absolute Gasteiger partial charge is 0.507 e. The Bertz CT molecular complexity index is 491. The highest BCUT2D eigenvalue weighted by Gasteiger charge is 2.33. The van der Waals surface area contributed by atoms with Crippen molar-refractivity contribution in [1.29, 1.82) is 0 Å². The molecule has 0 unspecified atom stereocenters. The van der Waals surface area contributed by atoms with Gasteiger partial charge in [-0.1, -0.05) is 26.3 Å². The van der Waals surface area contributed by atoms with Gasteiger partial charge >= 0.3 is 5.97 Å². The van der Waals surface area contributed by atoms with Crippen molar-refractivity contribution in [3.8, 4) is 5.75 Å². The second-order valence-corrected chi connectivity index (χ2v) is 5.25. The average Bonchev–Trinajstić information content (AvgIpc) is 2.34. The van der Waals surface area contributed by atoms with Crippen LogP contribution >= 0.6 is 0 Å². The van der Waals surface area contributed by atoms with E-state index in [1.807, 2.05) is 13.0 Å². The van der Waals surface area contributed by atoms with Crippen LogP contribution < -0.4 is 0 Å². The molecule has 1 aliphatic heterocycles. The van der Waals surface area contributed by atoms with Crippen molar-refractivity contribution in [1.82, 2.24) is 0 Å². The Morgan fingerprint density at radius 1 is 1.44 bits per heavy atom. The van der Waals surface area contributed by atoms with E-state index >= 15 is 0 Å². The molecular weight excluding hydrogens is 228 g/mol. The van der Waals surface area contributed by atoms with Gasteiger partial charge in [-0.2, -0.15) is 0 Å². The smallest absolute Gasteiger partial charge is 0.342 e. The highest BCUT2D eigenvalue weighted by Crippen LogP contribution is 2.35. The summed E-state index contributed by atoms with van der Waals surface area (Å²) in [6, 6.07) is 1.93. The molecule has 0 saturated heterocycles.